The van der Waals surface area contributed by atoms with Gasteiger partial charge in [0.15, 0.2) is 0 Å². The zero-order chi connectivity index (χ0) is 14.8. The Morgan fingerprint density at radius 1 is 1.15 bits per heavy atom. The Bertz CT molecular complexity index is 778. The van der Waals surface area contributed by atoms with E-state index < -0.39 is 10.0 Å². The second-order valence-corrected chi connectivity index (χ2v) is 6.29. The number of rotatable bonds is 3. The van der Waals surface area contributed by atoms with E-state index in [0.29, 0.717) is 21.8 Å². The van der Waals surface area contributed by atoms with Gasteiger partial charge in [0.05, 0.1) is 16.5 Å². The van der Waals surface area contributed by atoms with Crippen LogP contribution in [-0.4, -0.2) is 8.42 Å². The molecule has 0 aliphatic rings. The lowest BCUT2D eigenvalue weighted by molar-refractivity contribution is 0.600. The third-order valence-electron chi connectivity index (χ3n) is 2.70. The molecule has 0 unspecified atom stereocenters. The lowest BCUT2D eigenvalue weighted by Gasteiger charge is -2.10. The van der Waals surface area contributed by atoms with Crippen molar-refractivity contribution >= 4 is 27.3 Å². The molecule has 0 aromatic heterocycles. The van der Waals surface area contributed by atoms with Gasteiger partial charge in [-0.3, -0.25) is 4.72 Å². The lowest BCUT2D eigenvalue weighted by atomic mass is 10.2. The number of nitriles is 1. The second-order valence-electron chi connectivity index (χ2n) is 4.20. The molecule has 0 saturated heterocycles. The molecule has 20 heavy (non-hydrogen) atoms. The molecule has 0 fully saturated rings. The molecule has 4 nitrogen and oxygen atoms in total. The van der Waals surface area contributed by atoms with Crippen molar-refractivity contribution in [3.8, 4) is 6.07 Å². The minimum absolute atomic E-state index is 0.0894. The predicted octanol–water partition coefficient (Wildman–Crippen LogP) is 3.32. The Morgan fingerprint density at radius 2 is 1.80 bits per heavy atom. The Labute approximate surface area is 122 Å². The molecule has 0 bridgehead atoms. The summed E-state index contributed by atoms with van der Waals surface area (Å²) in [5, 5.41) is 9.38. The van der Waals surface area contributed by atoms with Gasteiger partial charge in [0, 0.05) is 10.7 Å². The summed E-state index contributed by atoms with van der Waals surface area (Å²) < 4.78 is 27.1. The first-order chi connectivity index (χ1) is 9.42. The molecule has 0 amide bonds. The topological polar surface area (TPSA) is 70.0 Å². The molecule has 0 atom stereocenters. The van der Waals surface area contributed by atoms with Crippen LogP contribution in [0.2, 0.25) is 5.02 Å². The number of hydrogen-bond donors (Lipinski definition) is 1. The van der Waals surface area contributed by atoms with E-state index in [1.165, 1.54) is 6.07 Å². The van der Waals surface area contributed by atoms with Gasteiger partial charge in [-0.05, 0) is 48.9 Å². The van der Waals surface area contributed by atoms with E-state index in [1.54, 1.807) is 43.3 Å². The standard InChI is InChI=1S/C14H11ClN2O2S/c1-10-2-3-11(9-16)8-14(10)20(18,19)17-13-6-4-12(15)5-7-13/h2-8,17H,1H3. The average Bonchev–Trinajstić information content (AvgIpc) is 2.41. The van der Waals surface area contributed by atoms with Gasteiger partial charge in [-0.2, -0.15) is 5.26 Å². The highest BCUT2D eigenvalue weighted by Gasteiger charge is 2.17. The summed E-state index contributed by atoms with van der Waals surface area (Å²) in [7, 11) is -3.73. The van der Waals surface area contributed by atoms with Gasteiger partial charge < -0.3 is 0 Å². The number of halogens is 1. The van der Waals surface area contributed by atoms with E-state index in [-0.39, 0.29) is 4.90 Å². The zero-order valence-corrected chi connectivity index (χ0v) is 12.2. The number of nitrogens with zero attached hydrogens (tertiary/aromatic N) is 1. The first kappa shape index (κ1) is 14.4. The number of nitrogens with one attached hydrogen (secondary N) is 1. The maximum Gasteiger partial charge on any atom is 0.262 e. The van der Waals surface area contributed by atoms with Crippen molar-refractivity contribution in [2.45, 2.75) is 11.8 Å². The van der Waals surface area contributed by atoms with Crippen LogP contribution < -0.4 is 4.72 Å². The maximum atomic E-state index is 12.3. The van der Waals surface area contributed by atoms with E-state index in [4.69, 9.17) is 16.9 Å². The molecule has 0 aliphatic carbocycles. The van der Waals surface area contributed by atoms with Crippen molar-refractivity contribution in [1.82, 2.24) is 0 Å². The molecule has 0 spiro atoms. The quantitative estimate of drug-likeness (QED) is 0.945. The van der Waals surface area contributed by atoms with Crippen LogP contribution in [0.3, 0.4) is 0 Å². The van der Waals surface area contributed by atoms with E-state index in [1.807, 2.05) is 6.07 Å². The third kappa shape index (κ3) is 3.10. The minimum atomic E-state index is -3.73. The highest BCUT2D eigenvalue weighted by Crippen LogP contribution is 2.21. The van der Waals surface area contributed by atoms with E-state index in [0.717, 1.165) is 0 Å². The lowest BCUT2D eigenvalue weighted by Crippen LogP contribution is -2.14. The van der Waals surface area contributed by atoms with Gasteiger partial charge in [0.1, 0.15) is 0 Å². The molecule has 1 N–H and O–H groups in total. The molecule has 102 valence electrons. The molecule has 0 heterocycles. The summed E-state index contributed by atoms with van der Waals surface area (Å²) in [6, 6.07) is 12.8. The molecular weight excluding hydrogens is 296 g/mol. The molecular formula is C14H11ClN2O2S. The summed E-state index contributed by atoms with van der Waals surface area (Å²) in [4.78, 5) is 0.0894. The molecule has 6 heteroatoms. The van der Waals surface area contributed by atoms with Gasteiger partial charge in [0.2, 0.25) is 0 Å². The maximum absolute atomic E-state index is 12.3. The summed E-state index contributed by atoms with van der Waals surface area (Å²) in [6.45, 7) is 1.68. The van der Waals surface area contributed by atoms with Crippen LogP contribution in [0.1, 0.15) is 11.1 Å². The Hall–Kier alpha value is -2.03. The first-order valence-electron chi connectivity index (χ1n) is 5.71. The van der Waals surface area contributed by atoms with Crippen LogP contribution >= 0.6 is 11.6 Å². The smallest absolute Gasteiger partial charge is 0.262 e. The fourth-order valence-corrected chi connectivity index (χ4v) is 3.14. The van der Waals surface area contributed by atoms with Crippen molar-refractivity contribution in [3.05, 3.63) is 58.6 Å². The minimum Gasteiger partial charge on any atom is -0.280 e. The van der Waals surface area contributed by atoms with Crippen LogP contribution in [-0.2, 0) is 10.0 Å². The van der Waals surface area contributed by atoms with Crippen molar-refractivity contribution in [2.75, 3.05) is 4.72 Å². The molecule has 0 saturated carbocycles. The Balaban J connectivity index is 2.40. The van der Waals surface area contributed by atoms with Crippen molar-refractivity contribution < 1.29 is 8.42 Å². The summed E-state index contributed by atoms with van der Waals surface area (Å²) in [5.74, 6) is 0. The number of aryl methyl sites for hydroxylation is 1. The predicted molar refractivity (Wildman–Crippen MR) is 78.2 cm³/mol. The van der Waals surface area contributed by atoms with Gasteiger partial charge in [-0.15, -0.1) is 0 Å². The Morgan fingerprint density at radius 3 is 2.40 bits per heavy atom. The molecule has 2 rings (SSSR count). The van der Waals surface area contributed by atoms with Crippen molar-refractivity contribution in [2.24, 2.45) is 0 Å². The number of sulfonamides is 1. The van der Waals surface area contributed by atoms with Gasteiger partial charge >= 0.3 is 0 Å². The Kier molecular flexibility index (Phi) is 3.98. The zero-order valence-electron chi connectivity index (χ0n) is 10.6. The van der Waals surface area contributed by atoms with Crippen LogP contribution in [0, 0.1) is 18.3 Å². The highest BCUT2D eigenvalue weighted by molar-refractivity contribution is 7.92. The van der Waals surface area contributed by atoms with Crippen molar-refractivity contribution in [3.63, 3.8) is 0 Å². The number of benzene rings is 2. The monoisotopic (exact) mass is 306 g/mol. The van der Waals surface area contributed by atoms with Crippen LogP contribution in [0.25, 0.3) is 0 Å². The summed E-state index contributed by atoms with van der Waals surface area (Å²) in [5.41, 5.74) is 1.29. The normalized spacial score (nSPS) is 10.8. The third-order valence-corrected chi connectivity index (χ3v) is 4.48. The molecule has 2 aromatic rings. The SMILES string of the molecule is Cc1ccc(C#N)cc1S(=O)(=O)Nc1ccc(Cl)cc1. The first-order valence-corrected chi connectivity index (χ1v) is 7.57. The van der Waals surface area contributed by atoms with E-state index in [9.17, 15) is 8.42 Å². The molecule has 0 radical (unpaired) electrons. The molecule has 2 aromatic carbocycles. The number of hydrogen-bond acceptors (Lipinski definition) is 3. The van der Waals surface area contributed by atoms with Gasteiger partial charge in [-0.1, -0.05) is 17.7 Å². The van der Waals surface area contributed by atoms with Crippen molar-refractivity contribution in [1.29, 1.82) is 5.26 Å². The van der Waals surface area contributed by atoms with E-state index >= 15 is 0 Å². The van der Waals surface area contributed by atoms with Crippen LogP contribution in [0.15, 0.2) is 47.4 Å². The fraction of sp³-hybridized carbons (Fsp3) is 0.0714. The van der Waals surface area contributed by atoms with Gasteiger partial charge in [-0.25, -0.2) is 8.42 Å². The summed E-state index contributed by atoms with van der Waals surface area (Å²) in [6.07, 6.45) is 0. The van der Waals surface area contributed by atoms with Gasteiger partial charge in [0.25, 0.3) is 10.0 Å². The fourth-order valence-electron chi connectivity index (χ4n) is 1.69. The second kappa shape index (κ2) is 5.53. The average molecular weight is 307 g/mol. The van der Waals surface area contributed by atoms with Crippen LogP contribution in [0.4, 0.5) is 5.69 Å². The summed E-state index contributed by atoms with van der Waals surface area (Å²) >= 11 is 5.75. The molecule has 0 aliphatic heterocycles. The van der Waals surface area contributed by atoms with Crippen LogP contribution in [0.5, 0.6) is 0 Å². The van der Waals surface area contributed by atoms with E-state index in [2.05, 4.69) is 4.72 Å². The number of anilines is 1. The largest absolute Gasteiger partial charge is 0.280 e. The highest BCUT2D eigenvalue weighted by atomic mass is 35.5.